The van der Waals surface area contributed by atoms with Gasteiger partial charge in [-0.05, 0) is 46.2 Å². The number of nitrogens with one attached hydrogen (secondary N) is 1. The number of pyridine rings is 1. The van der Waals surface area contributed by atoms with Crippen LogP contribution < -0.4 is 10.1 Å². The van der Waals surface area contributed by atoms with Crippen LogP contribution in [0.4, 0.5) is 0 Å². The zero-order valence-electron chi connectivity index (χ0n) is 12.3. The molecule has 0 saturated carbocycles. The van der Waals surface area contributed by atoms with Crippen molar-refractivity contribution in [2.75, 3.05) is 6.54 Å². The monoisotopic (exact) mass is 274 g/mol. The summed E-state index contributed by atoms with van der Waals surface area (Å²) in [5.74, 6) is 6.40. The van der Waals surface area contributed by atoms with Crippen LogP contribution in [0.1, 0.15) is 39.2 Å². The Morgan fingerprint density at radius 3 is 2.95 bits per heavy atom. The summed E-state index contributed by atoms with van der Waals surface area (Å²) >= 11 is 0. The standard InChI is InChI=1S/C16H22N2O2/c1-12(15-5-4-8-18-15)20-14-9-13(10-17-11-14)6-7-16(2,3)19/h9-12,15,18-19H,4-5,8H2,1-3H3/t12?,15-/m0/s1. The van der Waals surface area contributed by atoms with Gasteiger partial charge < -0.3 is 15.2 Å². The molecule has 0 bridgehead atoms. The highest BCUT2D eigenvalue weighted by atomic mass is 16.5. The van der Waals surface area contributed by atoms with Gasteiger partial charge in [-0.25, -0.2) is 0 Å². The lowest BCUT2D eigenvalue weighted by Gasteiger charge is -2.20. The van der Waals surface area contributed by atoms with Crippen molar-refractivity contribution < 1.29 is 9.84 Å². The topological polar surface area (TPSA) is 54.4 Å². The van der Waals surface area contributed by atoms with E-state index in [0.29, 0.717) is 11.8 Å². The molecule has 2 rings (SSSR count). The van der Waals surface area contributed by atoms with Gasteiger partial charge in [-0.1, -0.05) is 11.8 Å². The van der Waals surface area contributed by atoms with Gasteiger partial charge in [-0.15, -0.1) is 0 Å². The molecule has 1 aliphatic heterocycles. The van der Waals surface area contributed by atoms with Gasteiger partial charge in [0, 0.05) is 17.8 Å². The van der Waals surface area contributed by atoms with Crippen molar-refractivity contribution in [3.8, 4) is 17.6 Å². The summed E-state index contributed by atoms with van der Waals surface area (Å²) in [7, 11) is 0. The molecule has 1 aromatic heterocycles. The molecule has 2 atom stereocenters. The summed E-state index contributed by atoms with van der Waals surface area (Å²) < 4.78 is 5.92. The highest BCUT2D eigenvalue weighted by molar-refractivity contribution is 5.38. The van der Waals surface area contributed by atoms with E-state index >= 15 is 0 Å². The number of aromatic nitrogens is 1. The van der Waals surface area contributed by atoms with Crippen molar-refractivity contribution in [1.82, 2.24) is 10.3 Å². The van der Waals surface area contributed by atoms with Crippen LogP contribution in [0.3, 0.4) is 0 Å². The quantitative estimate of drug-likeness (QED) is 0.824. The van der Waals surface area contributed by atoms with Crippen LogP contribution in [0.15, 0.2) is 18.5 Å². The van der Waals surface area contributed by atoms with E-state index in [0.717, 1.165) is 18.5 Å². The van der Waals surface area contributed by atoms with Crippen molar-refractivity contribution in [2.24, 2.45) is 0 Å². The van der Waals surface area contributed by atoms with Crippen molar-refractivity contribution in [3.05, 3.63) is 24.0 Å². The minimum Gasteiger partial charge on any atom is -0.487 e. The molecule has 1 fully saturated rings. The van der Waals surface area contributed by atoms with Gasteiger partial charge in [0.2, 0.25) is 0 Å². The normalized spacial score (nSPS) is 20.1. The second kappa shape index (κ2) is 6.25. The summed E-state index contributed by atoms with van der Waals surface area (Å²) in [5, 5.41) is 13.0. The van der Waals surface area contributed by atoms with Crippen LogP contribution in [0.25, 0.3) is 0 Å². The van der Waals surface area contributed by atoms with E-state index in [9.17, 15) is 5.11 Å². The second-order valence-electron chi connectivity index (χ2n) is 5.74. The summed E-state index contributed by atoms with van der Waals surface area (Å²) in [5.41, 5.74) is -0.256. The number of hydrogen-bond donors (Lipinski definition) is 2. The summed E-state index contributed by atoms with van der Waals surface area (Å²) in [4.78, 5) is 4.14. The Kier molecular flexibility index (Phi) is 4.64. The minimum atomic E-state index is -1.00. The van der Waals surface area contributed by atoms with Crippen LogP contribution in [0.5, 0.6) is 5.75 Å². The van der Waals surface area contributed by atoms with Gasteiger partial charge >= 0.3 is 0 Å². The van der Waals surface area contributed by atoms with E-state index in [1.807, 2.05) is 6.07 Å². The zero-order chi connectivity index (χ0) is 14.6. The molecule has 108 valence electrons. The summed E-state index contributed by atoms with van der Waals surface area (Å²) in [6, 6.07) is 2.26. The minimum absolute atomic E-state index is 0.108. The summed E-state index contributed by atoms with van der Waals surface area (Å²) in [6.07, 6.45) is 5.82. The van der Waals surface area contributed by atoms with Gasteiger partial charge in [-0.2, -0.15) is 0 Å². The molecule has 1 aliphatic rings. The molecule has 0 radical (unpaired) electrons. The van der Waals surface area contributed by atoms with Crippen LogP contribution in [-0.2, 0) is 0 Å². The number of rotatable bonds is 3. The fourth-order valence-electron chi connectivity index (χ4n) is 2.19. The molecule has 1 saturated heterocycles. The Morgan fingerprint density at radius 2 is 2.30 bits per heavy atom. The largest absolute Gasteiger partial charge is 0.487 e. The first-order chi connectivity index (χ1) is 9.44. The third kappa shape index (κ3) is 4.52. The Bertz CT molecular complexity index is 505. The van der Waals surface area contributed by atoms with Gasteiger partial charge in [0.05, 0.1) is 6.20 Å². The molecule has 0 aliphatic carbocycles. The lowest BCUT2D eigenvalue weighted by molar-refractivity contribution is 0.143. The zero-order valence-corrected chi connectivity index (χ0v) is 12.3. The van der Waals surface area contributed by atoms with Crippen molar-refractivity contribution in [1.29, 1.82) is 0 Å². The molecule has 4 nitrogen and oxygen atoms in total. The number of aliphatic hydroxyl groups is 1. The Balaban J connectivity index is 2.03. The van der Waals surface area contributed by atoms with Gasteiger partial charge in [0.1, 0.15) is 17.5 Å². The first-order valence-corrected chi connectivity index (χ1v) is 7.05. The SMILES string of the molecule is CC(Oc1cncc(C#CC(C)(C)O)c1)[C@@H]1CCCN1. The average molecular weight is 274 g/mol. The number of nitrogens with zero attached hydrogens (tertiary/aromatic N) is 1. The van der Waals surface area contributed by atoms with E-state index in [2.05, 4.69) is 29.1 Å². The first-order valence-electron chi connectivity index (χ1n) is 7.05. The second-order valence-corrected chi connectivity index (χ2v) is 5.74. The maximum absolute atomic E-state index is 9.60. The molecular formula is C16H22N2O2. The third-order valence-electron chi connectivity index (χ3n) is 3.21. The summed E-state index contributed by atoms with van der Waals surface area (Å²) in [6.45, 7) is 6.44. The van der Waals surface area contributed by atoms with E-state index < -0.39 is 5.60 Å². The highest BCUT2D eigenvalue weighted by Crippen LogP contribution is 2.17. The molecule has 0 spiro atoms. The van der Waals surface area contributed by atoms with E-state index in [4.69, 9.17) is 4.74 Å². The molecule has 0 amide bonds. The highest BCUT2D eigenvalue weighted by Gasteiger charge is 2.22. The van der Waals surface area contributed by atoms with Crippen LogP contribution in [-0.4, -0.2) is 34.4 Å². The van der Waals surface area contributed by atoms with Gasteiger partial charge in [0.25, 0.3) is 0 Å². The van der Waals surface area contributed by atoms with Gasteiger partial charge in [0.15, 0.2) is 0 Å². The molecular weight excluding hydrogens is 252 g/mol. The average Bonchev–Trinajstić information content (AvgIpc) is 2.90. The molecule has 1 aromatic rings. The van der Waals surface area contributed by atoms with Crippen LogP contribution in [0.2, 0.25) is 0 Å². The van der Waals surface area contributed by atoms with E-state index in [1.165, 1.54) is 6.42 Å². The van der Waals surface area contributed by atoms with Crippen molar-refractivity contribution in [2.45, 2.75) is 51.4 Å². The van der Waals surface area contributed by atoms with Crippen LogP contribution >= 0.6 is 0 Å². The Labute approximate surface area is 120 Å². The molecule has 20 heavy (non-hydrogen) atoms. The smallest absolute Gasteiger partial charge is 0.139 e. The van der Waals surface area contributed by atoms with Crippen molar-refractivity contribution >= 4 is 0 Å². The maximum Gasteiger partial charge on any atom is 0.139 e. The lowest BCUT2D eigenvalue weighted by Crippen LogP contribution is -2.36. The fraction of sp³-hybridized carbons (Fsp3) is 0.562. The molecule has 2 heterocycles. The maximum atomic E-state index is 9.60. The first kappa shape index (κ1) is 14.8. The van der Waals surface area contributed by atoms with E-state index in [-0.39, 0.29) is 6.10 Å². The third-order valence-corrected chi connectivity index (χ3v) is 3.21. The molecule has 2 N–H and O–H groups in total. The predicted molar refractivity (Wildman–Crippen MR) is 78.5 cm³/mol. The van der Waals surface area contributed by atoms with Crippen molar-refractivity contribution in [3.63, 3.8) is 0 Å². The van der Waals surface area contributed by atoms with Gasteiger partial charge in [-0.3, -0.25) is 4.98 Å². The predicted octanol–water partition coefficient (Wildman–Crippen LogP) is 1.72. The molecule has 1 unspecified atom stereocenters. The molecule has 0 aromatic carbocycles. The van der Waals surface area contributed by atoms with E-state index in [1.54, 1.807) is 26.2 Å². The number of hydrogen-bond acceptors (Lipinski definition) is 4. The van der Waals surface area contributed by atoms with Crippen LogP contribution in [0, 0.1) is 11.8 Å². The Morgan fingerprint density at radius 1 is 1.50 bits per heavy atom. The number of ether oxygens (including phenoxy) is 1. The molecule has 4 heteroatoms. The Hall–Kier alpha value is -1.57. The lowest BCUT2D eigenvalue weighted by atomic mass is 10.1. The fourth-order valence-corrected chi connectivity index (χ4v) is 2.19.